The van der Waals surface area contributed by atoms with Crippen LogP contribution >= 0.6 is 15.9 Å². The fraction of sp³-hybridized carbons (Fsp3) is 0.846. The van der Waals surface area contributed by atoms with Crippen LogP contribution in [0.5, 0.6) is 0 Å². The van der Waals surface area contributed by atoms with E-state index in [0.717, 1.165) is 4.83 Å². The molecule has 1 heteroatoms. The van der Waals surface area contributed by atoms with Crippen LogP contribution in [0.4, 0.5) is 0 Å². The smallest absolute Gasteiger partial charge is 0.0151 e. The number of allylic oxidation sites excluding steroid dienone is 1. The normalized spacial score (nSPS) is 32.0. The molecular formula is C13H23Br. The van der Waals surface area contributed by atoms with Crippen molar-refractivity contribution in [1.29, 1.82) is 0 Å². The SMILES string of the molecule is C=CCCCCCC1(C)CCC(Br)C1. The summed E-state index contributed by atoms with van der Waals surface area (Å²) >= 11 is 3.73. The molecule has 0 spiro atoms. The van der Waals surface area contributed by atoms with E-state index in [1.165, 1.54) is 51.4 Å². The third-order valence-electron chi connectivity index (χ3n) is 3.46. The Kier molecular flexibility index (Phi) is 5.22. The highest BCUT2D eigenvalue weighted by atomic mass is 79.9. The summed E-state index contributed by atoms with van der Waals surface area (Å²) in [4.78, 5) is 0.792. The highest BCUT2D eigenvalue weighted by molar-refractivity contribution is 9.09. The predicted octanol–water partition coefficient (Wildman–Crippen LogP) is 5.08. The van der Waals surface area contributed by atoms with Crippen molar-refractivity contribution in [2.75, 3.05) is 0 Å². The molecule has 1 saturated carbocycles. The molecule has 0 amide bonds. The van der Waals surface area contributed by atoms with Crippen LogP contribution in [0, 0.1) is 5.41 Å². The summed E-state index contributed by atoms with van der Waals surface area (Å²) in [7, 11) is 0. The second kappa shape index (κ2) is 5.95. The highest BCUT2D eigenvalue weighted by Crippen LogP contribution is 2.44. The lowest BCUT2D eigenvalue weighted by molar-refractivity contribution is 0.296. The first-order valence-electron chi connectivity index (χ1n) is 5.91. The number of alkyl halides is 1. The Morgan fingerprint density at radius 2 is 2.21 bits per heavy atom. The standard InChI is InChI=1S/C13H23Br/c1-3-4-5-6-7-9-13(2)10-8-12(14)11-13/h3,12H,1,4-11H2,2H3. The van der Waals surface area contributed by atoms with E-state index in [1.54, 1.807) is 0 Å². The van der Waals surface area contributed by atoms with Gasteiger partial charge in [0.05, 0.1) is 0 Å². The lowest BCUT2D eigenvalue weighted by atomic mass is 9.83. The molecule has 0 saturated heterocycles. The van der Waals surface area contributed by atoms with E-state index in [9.17, 15) is 0 Å². The molecule has 0 bridgehead atoms. The first-order valence-corrected chi connectivity index (χ1v) is 6.83. The predicted molar refractivity (Wildman–Crippen MR) is 68.0 cm³/mol. The van der Waals surface area contributed by atoms with Gasteiger partial charge in [0.15, 0.2) is 0 Å². The zero-order chi connectivity index (χ0) is 10.4. The third kappa shape index (κ3) is 4.16. The van der Waals surface area contributed by atoms with Gasteiger partial charge in [-0.25, -0.2) is 0 Å². The molecule has 1 rings (SSSR count). The van der Waals surface area contributed by atoms with E-state index in [1.807, 2.05) is 6.08 Å². The van der Waals surface area contributed by atoms with Gasteiger partial charge in [0.2, 0.25) is 0 Å². The van der Waals surface area contributed by atoms with Crippen molar-refractivity contribution in [2.45, 2.75) is 63.1 Å². The van der Waals surface area contributed by atoms with Crippen LogP contribution in [0.15, 0.2) is 12.7 Å². The van der Waals surface area contributed by atoms with Crippen molar-refractivity contribution in [3.05, 3.63) is 12.7 Å². The van der Waals surface area contributed by atoms with Gasteiger partial charge in [0.1, 0.15) is 0 Å². The Bertz CT molecular complexity index is 176. The number of hydrogen-bond donors (Lipinski definition) is 0. The number of halogens is 1. The van der Waals surface area contributed by atoms with Crippen molar-refractivity contribution < 1.29 is 0 Å². The van der Waals surface area contributed by atoms with Gasteiger partial charge < -0.3 is 0 Å². The summed E-state index contributed by atoms with van der Waals surface area (Å²) in [6.45, 7) is 6.21. The molecule has 1 fully saturated rings. The summed E-state index contributed by atoms with van der Waals surface area (Å²) < 4.78 is 0. The molecule has 2 atom stereocenters. The molecule has 0 radical (unpaired) electrons. The minimum absolute atomic E-state index is 0.641. The average molecular weight is 259 g/mol. The van der Waals surface area contributed by atoms with Crippen LogP contribution in [-0.4, -0.2) is 4.83 Å². The Hall–Kier alpha value is 0.220. The third-order valence-corrected chi connectivity index (χ3v) is 4.25. The van der Waals surface area contributed by atoms with Crippen LogP contribution in [0.2, 0.25) is 0 Å². The Morgan fingerprint density at radius 3 is 2.79 bits per heavy atom. The van der Waals surface area contributed by atoms with Crippen molar-refractivity contribution in [3.8, 4) is 0 Å². The molecule has 0 aromatic heterocycles. The molecule has 0 aliphatic heterocycles. The molecule has 14 heavy (non-hydrogen) atoms. The van der Waals surface area contributed by atoms with Crippen molar-refractivity contribution in [3.63, 3.8) is 0 Å². The minimum Gasteiger partial charge on any atom is -0.103 e. The topological polar surface area (TPSA) is 0 Å². The summed E-state index contributed by atoms with van der Waals surface area (Å²) in [6, 6.07) is 0. The first-order chi connectivity index (χ1) is 6.66. The number of hydrogen-bond acceptors (Lipinski definition) is 0. The van der Waals surface area contributed by atoms with Gasteiger partial charge in [-0.2, -0.15) is 0 Å². The Balaban J connectivity index is 2.08. The van der Waals surface area contributed by atoms with E-state index >= 15 is 0 Å². The Morgan fingerprint density at radius 1 is 1.43 bits per heavy atom. The molecular weight excluding hydrogens is 236 g/mol. The van der Waals surface area contributed by atoms with Crippen LogP contribution in [0.25, 0.3) is 0 Å². The summed E-state index contributed by atoms with van der Waals surface area (Å²) in [5, 5.41) is 0. The quantitative estimate of drug-likeness (QED) is 0.354. The molecule has 0 aromatic carbocycles. The largest absolute Gasteiger partial charge is 0.103 e. The lowest BCUT2D eigenvalue weighted by Gasteiger charge is -2.23. The van der Waals surface area contributed by atoms with E-state index in [4.69, 9.17) is 0 Å². The van der Waals surface area contributed by atoms with E-state index in [2.05, 4.69) is 29.4 Å². The molecule has 2 unspecified atom stereocenters. The maximum atomic E-state index is 3.75. The van der Waals surface area contributed by atoms with Gasteiger partial charge in [0, 0.05) is 4.83 Å². The number of unbranched alkanes of at least 4 members (excludes halogenated alkanes) is 3. The zero-order valence-corrected chi connectivity index (χ0v) is 11.0. The molecule has 0 nitrogen and oxygen atoms in total. The highest BCUT2D eigenvalue weighted by Gasteiger charge is 2.32. The minimum atomic E-state index is 0.641. The van der Waals surface area contributed by atoms with Crippen molar-refractivity contribution in [2.24, 2.45) is 5.41 Å². The van der Waals surface area contributed by atoms with Crippen molar-refractivity contribution in [1.82, 2.24) is 0 Å². The summed E-state index contributed by atoms with van der Waals surface area (Å²) in [5.41, 5.74) is 0.641. The average Bonchev–Trinajstić information content (AvgIpc) is 2.47. The summed E-state index contributed by atoms with van der Waals surface area (Å²) in [5.74, 6) is 0. The van der Waals surface area contributed by atoms with Gasteiger partial charge in [-0.05, 0) is 43.9 Å². The van der Waals surface area contributed by atoms with Crippen LogP contribution in [-0.2, 0) is 0 Å². The van der Waals surface area contributed by atoms with Gasteiger partial charge in [-0.3, -0.25) is 0 Å². The van der Waals surface area contributed by atoms with Crippen molar-refractivity contribution >= 4 is 15.9 Å². The van der Waals surface area contributed by atoms with Crippen LogP contribution < -0.4 is 0 Å². The fourth-order valence-electron chi connectivity index (χ4n) is 2.49. The first kappa shape index (κ1) is 12.3. The maximum absolute atomic E-state index is 3.75. The molecule has 1 aliphatic rings. The molecule has 1 aliphatic carbocycles. The molecule has 0 N–H and O–H groups in total. The van der Waals surface area contributed by atoms with Crippen LogP contribution in [0.3, 0.4) is 0 Å². The maximum Gasteiger partial charge on any atom is 0.0151 e. The molecule has 0 aromatic rings. The molecule has 0 heterocycles. The van der Waals surface area contributed by atoms with E-state index < -0.39 is 0 Å². The Labute approximate surface area is 97.3 Å². The summed E-state index contributed by atoms with van der Waals surface area (Å²) in [6.07, 6.45) is 13.0. The second-order valence-electron chi connectivity index (χ2n) is 5.04. The van der Waals surface area contributed by atoms with Gasteiger partial charge in [-0.1, -0.05) is 41.8 Å². The van der Waals surface area contributed by atoms with Crippen LogP contribution in [0.1, 0.15) is 58.3 Å². The van der Waals surface area contributed by atoms with Gasteiger partial charge in [0.25, 0.3) is 0 Å². The second-order valence-corrected chi connectivity index (χ2v) is 6.33. The van der Waals surface area contributed by atoms with E-state index in [-0.39, 0.29) is 0 Å². The monoisotopic (exact) mass is 258 g/mol. The fourth-order valence-corrected chi connectivity index (χ4v) is 3.50. The van der Waals surface area contributed by atoms with Gasteiger partial charge >= 0.3 is 0 Å². The zero-order valence-electron chi connectivity index (χ0n) is 9.40. The van der Waals surface area contributed by atoms with E-state index in [0.29, 0.717) is 5.41 Å². The molecule has 82 valence electrons. The lowest BCUT2D eigenvalue weighted by Crippen LogP contribution is -2.11. The van der Waals surface area contributed by atoms with Gasteiger partial charge in [-0.15, -0.1) is 6.58 Å². The number of rotatable bonds is 6.